The fourth-order valence-electron chi connectivity index (χ4n) is 3.90. The van der Waals surface area contributed by atoms with E-state index in [9.17, 15) is 14.4 Å². The Balaban J connectivity index is 2.09. The first-order valence-electron chi connectivity index (χ1n) is 11.0. The number of hydrogen-bond acceptors (Lipinski definition) is 5. The van der Waals surface area contributed by atoms with Gasteiger partial charge in [-0.15, -0.1) is 0 Å². The monoisotopic (exact) mass is 435 g/mol. The van der Waals surface area contributed by atoms with Crippen molar-refractivity contribution in [2.75, 3.05) is 13.2 Å². The molecule has 32 heavy (non-hydrogen) atoms. The Kier molecular flexibility index (Phi) is 7.76. The molecule has 1 unspecified atom stereocenters. The van der Waals surface area contributed by atoms with E-state index in [1.165, 1.54) is 0 Å². The number of fused-ring (bicyclic) bond motifs is 1. The molecule has 0 aliphatic heterocycles. The Hall–Kier alpha value is -3.48. The van der Waals surface area contributed by atoms with Gasteiger partial charge < -0.3 is 9.64 Å². The average Bonchev–Trinajstić information content (AvgIpc) is 2.81. The summed E-state index contributed by atoms with van der Waals surface area (Å²) in [6, 6.07) is 16.1. The van der Waals surface area contributed by atoms with Gasteiger partial charge in [0.2, 0.25) is 5.91 Å². The zero-order valence-electron chi connectivity index (χ0n) is 18.8. The number of nitrogens with zero attached hydrogens (tertiary/aromatic N) is 3. The van der Waals surface area contributed by atoms with Gasteiger partial charge in [0.05, 0.1) is 35.7 Å². The summed E-state index contributed by atoms with van der Waals surface area (Å²) in [6.45, 7) is 6.29. The van der Waals surface area contributed by atoms with Gasteiger partial charge in [0.15, 0.2) is 0 Å². The molecule has 0 aliphatic rings. The van der Waals surface area contributed by atoms with Crippen LogP contribution in [0.2, 0.25) is 0 Å². The lowest BCUT2D eigenvalue weighted by Gasteiger charge is -2.31. The van der Waals surface area contributed by atoms with Crippen molar-refractivity contribution in [3.63, 3.8) is 0 Å². The van der Waals surface area contributed by atoms with Crippen molar-refractivity contribution >= 4 is 22.8 Å². The third kappa shape index (κ3) is 4.88. The molecular formula is C25H29N3O4. The van der Waals surface area contributed by atoms with Crippen molar-refractivity contribution in [3.8, 4) is 5.69 Å². The summed E-state index contributed by atoms with van der Waals surface area (Å²) >= 11 is 0. The topological polar surface area (TPSA) is 81.5 Å². The minimum Gasteiger partial charge on any atom is -0.466 e. The van der Waals surface area contributed by atoms with Crippen molar-refractivity contribution in [1.82, 2.24) is 14.5 Å². The molecule has 0 saturated carbocycles. The number of aromatic nitrogens is 2. The van der Waals surface area contributed by atoms with Crippen LogP contribution in [0.25, 0.3) is 16.6 Å². The zero-order chi connectivity index (χ0) is 23.1. The van der Waals surface area contributed by atoms with Gasteiger partial charge in [0, 0.05) is 13.0 Å². The largest absolute Gasteiger partial charge is 0.466 e. The second kappa shape index (κ2) is 10.7. The normalized spacial score (nSPS) is 11.8. The van der Waals surface area contributed by atoms with E-state index < -0.39 is 12.0 Å². The fraction of sp³-hybridized carbons (Fsp3) is 0.360. The standard InChI is InChI=1S/C25H29N3O4/c1-4-21(27(5-2)22(29)16-17-23(30)32-6-3)24-26-20-15-11-10-14-19(20)25(31)28(24)18-12-8-7-9-13-18/h7-15,21H,4-6,16-17H2,1-3H3. The highest BCUT2D eigenvalue weighted by molar-refractivity contribution is 5.82. The summed E-state index contributed by atoms with van der Waals surface area (Å²) in [4.78, 5) is 44.8. The summed E-state index contributed by atoms with van der Waals surface area (Å²) in [7, 11) is 0. The van der Waals surface area contributed by atoms with E-state index in [0.717, 1.165) is 0 Å². The van der Waals surface area contributed by atoms with Crippen LogP contribution in [0.1, 0.15) is 51.9 Å². The van der Waals surface area contributed by atoms with E-state index >= 15 is 0 Å². The average molecular weight is 436 g/mol. The van der Waals surface area contributed by atoms with Crippen LogP contribution in [0.4, 0.5) is 0 Å². The van der Waals surface area contributed by atoms with Crippen LogP contribution in [0, 0.1) is 0 Å². The van der Waals surface area contributed by atoms with Crippen LogP contribution < -0.4 is 5.56 Å². The summed E-state index contributed by atoms with van der Waals surface area (Å²) in [6.07, 6.45) is 0.638. The van der Waals surface area contributed by atoms with Crippen LogP contribution in [-0.4, -0.2) is 39.5 Å². The van der Waals surface area contributed by atoms with Gasteiger partial charge in [-0.25, -0.2) is 4.98 Å². The molecule has 3 aromatic rings. The molecule has 2 aromatic carbocycles. The van der Waals surface area contributed by atoms with E-state index in [2.05, 4.69) is 0 Å². The van der Waals surface area contributed by atoms with E-state index in [1.807, 2.05) is 56.3 Å². The van der Waals surface area contributed by atoms with Crippen LogP contribution in [0.3, 0.4) is 0 Å². The van der Waals surface area contributed by atoms with Crippen molar-refractivity contribution in [1.29, 1.82) is 0 Å². The second-order valence-corrected chi connectivity index (χ2v) is 7.37. The van der Waals surface area contributed by atoms with Gasteiger partial charge in [-0.2, -0.15) is 0 Å². The summed E-state index contributed by atoms with van der Waals surface area (Å²) in [5, 5.41) is 0.520. The second-order valence-electron chi connectivity index (χ2n) is 7.37. The van der Waals surface area contributed by atoms with E-state index in [-0.39, 0.29) is 30.9 Å². The number of hydrogen-bond donors (Lipinski definition) is 0. The Labute approximate surface area is 187 Å². The van der Waals surface area contributed by atoms with Gasteiger partial charge in [-0.3, -0.25) is 19.0 Å². The number of para-hydroxylation sites is 2. The minimum atomic E-state index is -0.424. The quantitative estimate of drug-likeness (QED) is 0.474. The van der Waals surface area contributed by atoms with Gasteiger partial charge in [-0.1, -0.05) is 37.3 Å². The van der Waals surface area contributed by atoms with Crippen LogP contribution >= 0.6 is 0 Å². The number of ether oxygens (including phenoxy) is 1. The molecule has 0 radical (unpaired) electrons. The predicted molar refractivity (Wildman–Crippen MR) is 124 cm³/mol. The minimum absolute atomic E-state index is 0.0241. The number of benzene rings is 2. The van der Waals surface area contributed by atoms with Crippen molar-refractivity contribution in [2.24, 2.45) is 0 Å². The molecule has 1 heterocycles. The molecule has 7 nitrogen and oxygen atoms in total. The number of carbonyl (C=O) groups is 2. The summed E-state index contributed by atoms with van der Waals surface area (Å²) < 4.78 is 6.55. The lowest BCUT2D eigenvalue weighted by atomic mass is 10.1. The lowest BCUT2D eigenvalue weighted by molar-refractivity contribution is -0.146. The molecule has 0 saturated heterocycles. The molecule has 0 bridgehead atoms. The number of carbonyl (C=O) groups excluding carboxylic acids is 2. The first-order chi connectivity index (χ1) is 15.5. The molecule has 1 aromatic heterocycles. The van der Waals surface area contributed by atoms with Gasteiger partial charge >= 0.3 is 5.97 Å². The van der Waals surface area contributed by atoms with E-state index in [4.69, 9.17) is 9.72 Å². The maximum absolute atomic E-state index is 13.5. The molecule has 7 heteroatoms. The van der Waals surface area contributed by atoms with Gasteiger partial charge in [0.25, 0.3) is 5.56 Å². The first kappa shape index (κ1) is 23.2. The molecule has 0 fully saturated rings. The smallest absolute Gasteiger partial charge is 0.306 e. The van der Waals surface area contributed by atoms with Crippen molar-refractivity contribution in [3.05, 3.63) is 70.8 Å². The van der Waals surface area contributed by atoms with Crippen LogP contribution in [0.15, 0.2) is 59.4 Å². The SMILES string of the molecule is CCOC(=O)CCC(=O)N(CC)C(CC)c1nc2ccccc2c(=O)n1-c1ccccc1. The molecule has 0 N–H and O–H groups in total. The number of esters is 1. The van der Waals surface area contributed by atoms with Gasteiger partial charge in [0.1, 0.15) is 5.82 Å². The summed E-state index contributed by atoms with van der Waals surface area (Å²) in [5.41, 5.74) is 1.11. The fourth-order valence-corrected chi connectivity index (χ4v) is 3.90. The first-order valence-corrected chi connectivity index (χ1v) is 11.0. The maximum Gasteiger partial charge on any atom is 0.306 e. The van der Waals surface area contributed by atoms with Crippen LogP contribution in [0.5, 0.6) is 0 Å². The van der Waals surface area contributed by atoms with Crippen molar-refractivity contribution in [2.45, 2.75) is 46.1 Å². The highest BCUT2D eigenvalue weighted by Crippen LogP contribution is 2.26. The number of amides is 1. The molecule has 0 spiro atoms. The molecule has 1 amide bonds. The molecular weight excluding hydrogens is 406 g/mol. The van der Waals surface area contributed by atoms with Crippen molar-refractivity contribution < 1.29 is 14.3 Å². The molecule has 168 valence electrons. The Bertz CT molecular complexity index is 1140. The third-order valence-electron chi connectivity index (χ3n) is 5.39. The highest BCUT2D eigenvalue weighted by atomic mass is 16.5. The molecule has 0 aliphatic carbocycles. The zero-order valence-corrected chi connectivity index (χ0v) is 18.8. The highest BCUT2D eigenvalue weighted by Gasteiger charge is 2.28. The van der Waals surface area contributed by atoms with Gasteiger partial charge in [-0.05, 0) is 44.5 Å². The Morgan fingerprint density at radius 3 is 2.34 bits per heavy atom. The molecule has 3 rings (SSSR count). The lowest BCUT2D eigenvalue weighted by Crippen LogP contribution is -2.38. The number of rotatable bonds is 9. The third-order valence-corrected chi connectivity index (χ3v) is 5.39. The van der Waals surface area contributed by atoms with E-state index in [1.54, 1.807) is 28.5 Å². The van der Waals surface area contributed by atoms with Crippen LogP contribution in [-0.2, 0) is 14.3 Å². The maximum atomic E-state index is 13.5. The van der Waals surface area contributed by atoms with E-state index in [0.29, 0.717) is 35.4 Å². The Morgan fingerprint density at radius 1 is 1.00 bits per heavy atom. The predicted octanol–water partition coefficient (Wildman–Crippen LogP) is 4.03. The molecule has 1 atom stereocenters. The summed E-state index contributed by atoms with van der Waals surface area (Å²) in [5.74, 6) is -0.0573. The Morgan fingerprint density at radius 2 is 1.69 bits per heavy atom.